The molecule has 112 valence electrons. The second-order valence-corrected chi connectivity index (χ2v) is 4.93. The average molecular weight is 284 g/mol. The van der Waals surface area contributed by atoms with Gasteiger partial charge in [0.1, 0.15) is 0 Å². The Morgan fingerprint density at radius 1 is 1.32 bits per heavy atom. The predicted molar refractivity (Wildman–Crippen MR) is 61.7 cm³/mol. The van der Waals surface area contributed by atoms with Crippen LogP contribution in [-0.4, -0.2) is 61.5 Å². The fourth-order valence-electron chi connectivity index (χ4n) is 2.11. The first-order valence-electron chi connectivity index (χ1n) is 6.09. The van der Waals surface area contributed by atoms with Crippen LogP contribution in [0.2, 0.25) is 0 Å². The highest BCUT2D eigenvalue weighted by Gasteiger charge is 2.40. The van der Waals surface area contributed by atoms with Gasteiger partial charge >= 0.3 is 12.1 Å². The van der Waals surface area contributed by atoms with Crippen molar-refractivity contribution in [2.45, 2.75) is 19.0 Å². The number of ether oxygens (including phenoxy) is 1. The predicted octanol–water partition coefficient (Wildman–Crippen LogP) is 0.691. The molecular formula is C11H19F3N2O3. The molecule has 0 atom stereocenters. The van der Waals surface area contributed by atoms with Gasteiger partial charge in [0, 0.05) is 18.5 Å². The Labute approximate surface area is 109 Å². The van der Waals surface area contributed by atoms with Gasteiger partial charge in [-0.3, -0.25) is 0 Å². The molecule has 5 nitrogen and oxygen atoms in total. The fourth-order valence-corrected chi connectivity index (χ4v) is 2.11. The lowest BCUT2D eigenvalue weighted by molar-refractivity contribution is -0.192. The first kappa shape index (κ1) is 16.2. The molecule has 19 heavy (non-hydrogen) atoms. The maximum Gasteiger partial charge on any atom is 0.490 e. The lowest BCUT2D eigenvalue weighted by Crippen LogP contribution is -2.51. The number of nitrogens with two attached hydrogens (primary N) is 1. The number of carbonyl (C=O) groups is 1. The molecule has 2 aliphatic heterocycles. The third-order valence-electron chi connectivity index (χ3n) is 3.42. The van der Waals surface area contributed by atoms with Crippen molar-refractivity contribution in [3.63, 3.8) is 0 Å². The first-order valence-corrected chi connectivity index (χ1v) is 6.09. The van der Waals surface area contributed by atoms with Crippen LogP contribution in [0.25, 0.3) is 0 Å². The Balaban J connectivity index is 0.000000224. The maximum absolute atomic E-state index is 10.6. The van der Waals surface area contributed by atoms with Crippen molar-refractivity contribution in [1.29, 1.82) is 0 Å². The summed E-state index contributed by atoms with van der Waals surface area (Å²) in [4.78, 5) is 11.4. The van der Waals surface area contributed by atoms with Gasteiger partial charge in [-0.1, -0.05) is 0 Å². The molecule has 3 N–H and O–H groups in total. The van der Waals surface area contributed by atoms with E-state index < -0.39 is 12.1 Å². The number of rotatable bonds is 2. The van der Waals surface area contributed by atoms with Crippen LogP contribution in [-0.2, 0) is 9.53 Å². The number of aliphatic carboxylic acids is 1. The molecule has 2 fully saturated rings. The van der Waals surface area contributed by atoms with Gasteiger partial charge in [0.25, 0.3) is 0 Å². The monoisotopic (exact) mass is 284 g/mol. The van der Waals surface area contributed by atoms with Gasteiger partial charge in [-0.15, -0.1) is 0 Å². The van der Waals surface area contributed by atoms with Crippen molar-refractivity contribution in [3.8, 4) is 0 Å². The summed E-state index contributed by atoms with van der Waals surface area (Å²) in [6.45, 7) is 6.31. The number of hydrogen-bond donors (Lipinski definition) is 2. The zero-order chi connectivity index (χ0) is 14.5. The van der Waals surface area contributed by atoms with Gasteiger partial charge in [0.05, 0.1) is 13.2 Å². The molecular weight excluding hydrogens is 265 g/mol. The van der Waals surface area contributed by atoms with Crippen molar-refractivity contribution >= 4 is 5.97 Å². The maximum atomic E-state index is 10.6. The van der Waals surface area contributed by atoms with E-state index in [4.69, 9.17) is 20.4 Å². The normalized spacial score (nSPS) is 22.3. The van der Waals surface area contributed by atoms with E-state index >= 15 is 0 Å². The summed E-state index contributed by atoms with van der Waals surface area (Å²) in [6.07, 6.45) is -2.46. The highest BCUT2D eigenvalue weighted by atomic mass is 19.4. The molecule has 0 saturated carbocycles. The minimum Gasteiger partial charge on any atom is -0.475 e. The van der Waals surface area contributed by atoms with Crippen molar-refractivity contribution < 1.29 is 27.8 Å². The Morgan fingerprint density at radius 3 is 2.05 bits per heavy atom. The van der Waals surface area contributed by atoms with Crippen molar-refractivity contribution in [2.24, 2.45) is 11.1 Å². The van der Waals surface area contributed by atoms with Crippen LogP contribution in [0.4, 0.5) is 13.2 Å². The number of likely N-dealkylation sites (tertiary alicyclic amines) is 1. The number of nitrogens with zero attached hydrogens (tertiary/aromatic N) is 1. The lowest BCUT2D eigenvalue weighted by Gasteiger charge is -2.47. The summed E-state index contributed by atoms with van der Waals surface area (Å²) >= 11 is 0. The molecule has 2 heterocycles. The summed E-state index contributed by atoms with van der Waals surface area (Å²) in [5.41, 5.74) is 6.08. The molecule has 0 bridgehead atoms. The van der Waals surface area contributed by atoms with Gasteiger partial charge in [-0.2, -0.15) is 13.2 Å². The SMILES string of the molecule is NCCN1CCC2(CC1)COC2.O=C(O)C(F)(F)F. The van der Waals surface area contributed by atoms with Crippen molar-refractivity contribution in [1.82, 2.24) is 4.90 Å². The zero-order valence-corrected chi connectivity index (χ0v) is 10.6. The van der Waals surface area contributed by atoms with E-state index in [0.717, 1.165) is 26.3 Å². The van der Waals surface area contributed by atoms with E-state index in [1.165, 1.54) is 25.9 Å². The highest BCUT2D eigenvalue weighted by Crippen LogP contribution is 2.38. The number of hydrogen-bond acceptors (Lipinski definition) is 4. The van der Waals surface area contributed by atoms with E-state index in [-0.39, 0.29) is 0 Å². The van der Waals surface area contributed by atoms with E-state index in [2.05, 4.69) is 4.90 Å². The van der Waals surface area contributed by atoms with Crippen molar-refractivity contribution in [2.75, 3.05) is 39.4 Å². The Kier molecular flexibility index (Phi) is 5.57. The number of carboxylic acid groups (broad SMARTS) is 1. The van der Waals surface area contributed by atoms with Crippen LogP contribution >= 0.6 is 0 Å². The van der Waals surface area contributed by atoms with Gasteiger partial charge in [0.2, 0.25) is 0 Å². The number of piperidine rings is 1. The number of alkyl halides is 3. The van der Waals surface area contributed by atoms with Crippen LogP contribution < -0.4 is 5.73 Å². The highest BCUT2D eigenvalue weighted by molar-refractivity contribution is 5.73. The smallest absolute Gasteiger partial charge is 0.475 e. The Morgan fingerprint density at radius 2 is 1.79 bits per heavy atom. The second kappa shape index (κ2) is 6.53. The third kappa shape index (κ3) is 4.96. The molecule has 0 aromatic carbocycles. The summed E-state index contributed by atoms with van der Waals surface area (Å²) in [5.74, 6) is -2.76. The lowest BCUT2D eigenvalue weighted by atomic mass is 9.77. The average Bonchev–Trinajstić information content (AvgIpc) is 2.28. The molecule has 2 saturated heterocycles. The minimum absolute atomic E-state index is 0.575. The molecule has 2 aliphatic rings. The fraction of sp³-hybridized carbons (Fsp3) is 0.909. The molecule has 0 radical (unpaired) electrons. The number of carboxylic acids is 1. The van der Waals surface area contributed by atoms with Gasteiger partial charge in [0.15, 0.2) is 0 Å². The number of halogens is 3. The minimum atomic E-state index is -5.08. The topological polar surface area (TPSA) is 75.8 Å². The van der Waals surface area contributed by atoms with E-state index in [0.29, 0.717) is 5.41 Å². The van der Waals surface area contributed by atoms with Crippen LogP contribution in [0.1, 0.15) is 12.8 Å². The van der Waals surface area contributed by atoms with Crippen molar-refractivity contribution in [3.05, 3.63) is 0 Å². The molecule has 0 aliphatic carbocycles. The standard InChI is InChI=1S/C9H18N2O.C2HF3O2/c10-3-6-11-4-1-9(2-5-11)7-12-8-9;3-2(4,5)1(6)7/h1-8,10H2;(H,6,7). The molecule has 2 rings (SSSR count). The third-order valence-corrected chi connectivity index (χ3v) is 3.42. The van der Waals surface area contributed by atoms with Crippen LogP contribution in [0, 0.1) is 5.41 Å². The van der Waals surface area contributed by atoms with Crippen LogP contribution in [0.3, 0.4) is 0 Å². The van der Waals surface area contributed by atoms with Gasteiger partial charge in [-0.25, -0.2) is 4.79 Å². The summed E-state index contributed by atoms with van der Waals surface area (Å²) in [7, 11) is 0. The van der Waals surface area contributed by atoms with E-state index in [1.54, 1.807) is 0 Å². The molecule has 1 spiro atoms. The van der Waals surface area contributed by atoms with Gasteiger partial charge in [-0.05, 0) is 25.9 Å². The summed E-state index contributed by atoms with van der Waals surface area (Å²) in [5, 5.41) is 7.12. The summed E-state index contributed by atoms with van der Waals surface area (Å²) in [6, 6.07) is 0. The molecule has 0 aromatic rings. The molecule has 0 amide bonds. The Bertz CT molecular complexity index is 296. The van der Waals surface area contributed by atoms with E-state index in [1.807, 2.05) is 0 Å². The Hall–Kier alpha value is -0.860. The quantitative estimate of drug-likeness (QED) is 0.780. The molecule has 0 unspecified atom stereocenters. The first-order chi connectivity index (χ1) is 8.79. The van der Waals surface area contributed by atoms with E-state index in [9.17, 15) is 13.2 Å². The molecule has 8 heteroatoms. The van der Waals surface area contributed by atoms with Crippen LogP contribution in [0.15, 0.2) is 0 Å². The van der Waals surface area contributed by atoms with Gasteiger partial charge < -0.3 is 20.5 Å². The largest absolute Gasteiger partial charge is 0.490 e. The summed E-state index contributed by atoms with van der Waals surface area (Å²) < 4.78 is 37.0. The van der Waals surface area contributed by atoms with Crippen LogP contribution in [0.5, 0.6) is 0 Å². The molecule has 0 aromatic heterocycles. The second-order valence-electron chi connectivity index (χ2n) is 4.93. The zero-order valence-electron chi connectivity index (χ0n) is 10.6.